The quantitative estimate of drug-likeness (QED) is 0.642. The van der Waals surface area contributed by atoms with Crippen molar-refractivity contribution in [3.8, 4) is 0 Å². The zero-order chi connectivity index (χ0) is 9.26. The molecule has 0 saturated carbocycles. The number of carbonyl (C=O) groups excluding carboxylic acids is 1. The van der Waals surface area contributed by atoms with Crippen molar-refractivity contribution < 1.29 is 4.79 Å². The molecular formula is C7H10N4OS. The van der Waals surface area contributed by atoms with Crippen molar-refractivity contribution in [1.29, 1.82) is 0 Å². The van der Waals surface area contributed by atoms with Gasteiger partial charge in [0, 0.05) is 6.54 Å². The molecule has 2 N–H and O–H groups in total. The van der Waals surface area contributed by atoms with Gasteiger partial charge in [-0.3, -0.25) is 14.5 Å². The first kappa shape index (κ1) is 8.43. The number of aromatic nitrogens is 3. The highest BCUT2D eigenvalue weighted by molar-refractivity contribution is 7.71. The van der Waals surface area contributed by atoms with Gasteiger partial charge in [-0.25, -0.2) is 0 Å². The van der Waals surface area contributed by atoms with Gasteiger partial charge in [-0.15, -0.1) is 0 Å². The largest absolute Gasteiger partial charge is 0.354 e. The molecule has 1 amide bonds. The topological polar surface area (TPSA) is 62.7 Å². The fourth-order valence-corrected chi connectivity index (χ4v) is 1.73. The second kappa shape index (κ2) is 3.29. The third-order valence-corrected chi connectivity index (χ3v) is 2.47. The molecule has 1 aliphatic rings. The third kappa shape index (κ3) is 1.49. The number of hydrogen-bond acceptors (Lipinski definition) is 3. The molecule has 2 heterocycles. The second-order valence-corrected chi connectivity index (χ2v) is 3.40. The average molecular weight is 198 g/mol. The zero-order valence-electron chi connectivity index (χ0n) is 6.99. The number of hydrogen-bond donors (Lipinski definition) is 2. The summed E-state index contributed by atoms with van der Waals surface area (Å²) in [5.41, 5.74) is 0. The van der Waals surface area contributed by atoms with E-state index in [1.54, 1.807) is 10.9 Å². The number of amides is 1. The Morgan fingerprint density at radius 2 is 2.54 bits per heavy atom. The van der Waals surface area contributed by atoms with Crippen LogP contribution in [0.4, 0.5) is 0 Å². The number of aromatic amines is 1. The van der Waals surface area contributed by atoms with Gasteiger partial charge in [-0.1, -0.05) is 0 Å². The summed E-state index contributed by atoms with van der Waals surface area (Å²) in [4.78, 5) is 11.4. The van der Waals surface area contributed by atoms with Gasteiger partial charge in [0.2, 0.25) is 5.91 Å². The molecule has 1 unspecified atom stereocenters. The molecule has 0 spiro atoms. The van der Waals surface area contributed by atoms with Gasteiger partial charge < -0.3 is 5.32 Å². The van der Waals surface area contributed by atoms with Gasteiger partial charge in [0.1, 0.15) is 12.4 Å². The Bertz CT molecular complexity index is 369. The molecule has 0 aromatic carbocycles. The molecule has 1 saturated heterocycles. The van der Waals surface area contributed by atoms with Crippen molar-refractivity contribution in [2.75, 3.05) is 6.54 Å². The molecule has 1 aromatic heterocycles. The van der Waals surface area contributed by atoms with Crippen molar-refractivity contribution >= 4 is 18.1 Å². The molecule has 70 valence electrons. The van der Waals surface area contributed by atoms with Crippen LogP contribution in [-0.2, 0) is 4.79 Å². The minimum absolute atomic E-state index is 0.0313. The van der Waals surface area contributed by atoms with Crippen molar-refractivity contribution in [1.82, 2.24) is 20.1 Å². The van der Waals surface area contributed by atoms with Crippen LogP contribution in [-0.4, -0.2) is 27.2 Å². The molecule has 0 bridgehead atoms. The smallest absolute Gasteiger partial charge is 0.243 e. The van der Waals surface area contributed by atoms with Crippen LogP contribution < -0.4 is 5.32 Å². The van der Waals surface area contributed by atoms with E-state index in [2.05, 4.69) is 15.5 Å². The molecule has 1 atom stereocenters. The molecule has 1 aliphatic heterocycles. The highest BCUT2D eigenvalue weighted by atomic mass is 32.1. The lowest BCUT2D eigenvalue weighted by Crippen LogP contribution is -2.37. The van der Waals surface area contributed by atoms with E-state index in [0.29, 0.717) is 4.77 Å². The van der Waals surface area contributed by atoms with Crippen LogP contribution in [0.2, 0.25) is 0 Å². The van der Waals surface area contributed by atoms with Crippen LogP contribution in [0.15, 0.2) is 6.33 Å². The summed E-state index contributed by atoms with van der Waals surface area (Å²) < 4.78 is 2.20. The highest BCUT2D eigenvalue weighted by Gasteiger charge is 2.23. The fraction of sp³-hybridized carbons (Fsp3) is 0.571. The summed E-state index contributed by atoms with van der Waals surface area (Å²) in [5.74, 6) is 0.0313. The minimum atomic E-state index is -0.181. The van der Waals surface area contributed by atoms with Crippen LogP contribution in [0.1, 0.15) is 18.9 Å². The Kier molecular flexibility index (Phi) is 2.13. The minimum Gasteiger partial charge on any atom is -0.354 e. The van der Waals surface area contributed by atoms with Gasteiger partial charge in [0.25, 0.3) is 0 Å². The van der Waals surface area contributed by atoms with Gasteiger partial charge in [0.15, 0.2) is 4.77 Å². The van der Waals surface area contributed by atoms with Gasteiger partial charge in [0.05, 0.1) is 0 Å². The summed E-state index contributed by atoms with van der Waals surface area (Å²) in [5, 5.41) is 9.22. The van der Waals surface area contributed by atoms with Crippen molar-refractivity contribution in [3.63, 3.8) is 0 Å². The first-order valence-electron chi connectivity index (χ1n) is 4.18. The van der Waals surface area contributed by atoms with Gasteiger partial charge in [-0.2, -0.15) is 5.10 Å². The predicted molar refractivity (Wildman–Crippen MR) is 48.7 cm³/mol. The van der Waals surface area contributed by atoms with E-state index in [9.17, 15) is 4.79 Å². The van der Waals surface area contributed by atoms with E-state index in [-0.39, 0.29) is 11.9 Å². The van der Waals surface area contributed by atoms with E-state index in [1.807, 2.05) is 0 Å². The fourth-order valence-electron chi connectivity index (χ4n) is 1.50. The lowest BCUT2D eigenvalue weighted by Gasteiger charge is -2.22. The van der Waals surface area contributed by atoms with Crippen molar-refractivity contribution in [2.45, 2.75) is 18.9 Å². The predicted octanol–water partition coefficient (Wildman–Crippen LogP) is 0.392. The van der Waals surface area contributed by atoms with E-state index in [0.717, 1.165) is 19.4 Å². The summed E-state index contributed by atoms with van der Waals surface area (Å²) >= 11 is 4.98. The van der Waals surface area contributed by atoms with Crippen LogP contribution in [0.25, 0.3) is 0 Å². The summed E-state index contributed by atoms with van der Waals surface area (Å²) in [7, 11) is 0. The Balaban J connectivity index is 2.29. The number of rotatable bonds is 1. The summed E-state index contributed by atoms with van der Waals surface area (Å²) in [6.45, 7) is 0.764. The molecule has 0 radical (unpaired) electrons. The van der Waals surface area contributed by atoms with Crippen LogP contribution in [0.5, 0.6) is 0 Å². The molecule has 6 heteroatoms. The summed E-state index contributed by atoms with van der Waals surface area (Å²) in [6.07, 6.45) is 3.39. The van der Waals surface area contributed by atoms with Crippen LogP contribution in [0, 0.1) is 4.77 Å². The second-order valence-electron chi connectivity index (χ2n) is 3.02. The van der Waals surface area contributed by atoms with E-state index >= 15 is 0 Å². The Hall–Kier alpha value is -1.17. The van der Waals surface area contributed by atoms with Crippen LogP contribution >= 0.6 is 12.2 Å². The molecule has 2 rings (SSSR count). The molecule has 0 aliphatic carbocycles. The van der Waals surface area contributed by atoms with E-state index in [1.165, 1.54) is 0 Å². The van der Waals surface area contributed by atoms with Crippen LogP contribution in [0.3, 0.4) is 0 Å². The number of nitrogens with zero attached hydrogens (tertiary/aromatic N) is 2. The lowest BCUT2D eigenvalue weighted by molar-refractivity contribution is -0.125. The maximum absolute atomic E-state index is 11.4. The first-order chi connectivity index (χ1) is 6.29. The normalized spacial score (nSPS) is 22.8. The van der Waals surface area contributed by atoms with E-state index < -0.39 is 0 Å². The van der Waals surface area contributed by atoms with E-state index in [4.69, 9.17) is 12.2 Å². The number of H-pyrrole nitrogens is 1. The molecule has 1 fully saturated rings. The number of piperidine rings is 1. The monoisotopic (exact) mass is 198 g/mol. The molecular weight excluding hydrogens is 188 g/mol. The van der Waals surface area contributed by atoms with Crippen molar-refractivity contribution in [2.24, 2.45) is 0 Å². The maximum atomic E-state index is 11.4. The van der Waals surface area contributed by atoms with Gasteiger partial charge >= 0.3 is 0 Å². The number of carbonyl (C=O) groups is 1. The van der Waals surface area contributed by atoms with Crippen molar-refractivity contribution in [3.05, 3.63) is 11.1 Å². The average Bonchev–Trinajstić information content (AvgIpc) is 2.52. The Labute approximate surface area is 80.1 Å². The zero-order valence-corrected chi connectivity index (χ0v) is 7.80. The first-order valence-corrected chi connectivity index (χ1v) is 4.59. The third-order valence-electron chi connectivity index (χ3n) is 2.17. The summed E-state index contributed by atoms with van der Waals surface area (Å²) in [6, 6.07) is -0.181. The molecule has 13 heavy (non-hydrogen) atoms. The Morgan fingerprint density at radius 1 is 1.69 bits per heavy atom. The standard InChI is InChI=1S/C7H10N4OS/c12-6-5(2-1-3-8-6)11-4-9-10-7(11)13/h4-5H,1-3H2,(H,8,12)(H,10,13). The Morgan fingerprint density at radius 3 is 3.15 bits per heavy atom. The SMILES string of the molecule is O=C1NCCCC1n1cn[nH]c1=S. The highest BCUT2D eigenvalue weighted by Crippen LogP contribution is 2.16. The van der Waals surface area contributed by atoms with Gasteiger partial charge in [-0.05, 0) is 25.1 Å². The molecule has 1 aromatic rings. The molecule has 5 nitrogen and oxygen atoms in total. The maximum Gasteiger partial charge on any atom is 0.243 e. The number of nitrogens with one attached hydrogen (secondary N) is 2. The lowest BCUT2D eigenvalue weighted by atomic mass is 10.1.